The zero-order valence-electron chi connectivity index (χ0n) is 17.8. The van der Waals surface area contributed by atoms with E-state index in [2.05, 4.69) is 33.9 Å². The summed E-state index contributed by atoms with van der Waals surface area (Å²) in [6.07, 6.45) is 1.87. The van der Waals surface area contributed by atoms with Crippen LogP contribution in [0.1, 0.15) is 32.8 Å². The minimum absolute atomic E-state index is 0.0292. The van der Waals surface area contributed by atoms with Crippen molar-refractivity contribution in [2.75, 3.05) is 20.8 Å². The second kappa shape index (κ2) is 9.98. The fourth-order valence-corrected chi connectivity index (χ4v) is 3.18. The van der Waals surface area contributed by atoms with Gasteiger partial charge in [-0.1, -0.05) is 39.0 Å². The monoisotopic (exact) mass is 410 g/mol. The molecule has 0 aromatic heterocycles. The number of methoxy groups -OCH3 is 2. The third-order valence-electron chi connectivity index (χ3n) is 5.18. The van der Waals surface area contributed by atoms with Gasteiger partial charge in [-0.25, -0.2) is 4.39 Å². The maximum absolute atomic E-state index is 13.3. The standard InChI is InChI=1S/C21H31FO5Si/c1-21(2,3)28(6,7)27-14-16(15-8-11-17(22)12-9-15)10-13-18(19(23)25-4)20(24)26-5/h8-12,18H,13-14H2,1-7H3/b16-10-. The van der Waals surface area contributed by atoms with Crippen LogP contribution in [0.3, 0.4) is 0 Å². The molecule has 0 spiro atoms. The van der Waals surface area contributed by atoms with E-state index < -0.39 is 26.2 Å². The molecule has 7 heteroatoms. The number of hydrogen-bond acceptors (Lipinski definition) is 5. The average Bonchev–Trinajstić information content (AvgIpc) is 2.63. The zero-order chi connectivity index (χ0) is 21.5. The number of esters is 2. The molecule has 1 rings (SSSR count). The number of carbonyl (C=O) groups is 2. The Morgan fingerprint density at radius 3 is 2.00 bits per heavy atom. The average molecular weight is 411 g/mol. The van der Waals surface area contributed by atoms with E-state index in [0.717, 1.165) is 11.1 Å². The Morgan fingerprint density at radius 1 is 1.07 bits per heavy atom. The van der Waals surface area contributed by atoms with E-state index in [9.17, 15) is 14.0 Å². The Bertz CT molecular complexity index is 689. The van der Waals surface area contributed by atoms with Gasteiger partial charge in [0.2, 0.25) is 0 Å². The molecule has 0 aliphatic carbocycles. The molecule has 1 aromatic rings. The minimum Gasteiger partial charge on any atom is -0.468 e. The quantitative estimate of drug-likeness (QED) is 0.356. The van der Waals surface area contributed by atoms with E-state index >= 15 is 0 Å². The molecule has 0 radical (unpaired) electrons. The van der Waals surface area contributed by atoms with Gasteiger partial charge < -0.3 is 13.9 Å². The topological polar surface area (TPSA) is 61.8 Å². The van der Waals surface area contributed by atoms with Crippen molar-refractivity contribution in [3.63, 3.8) is 0 Å². The van der Waals surface area contributed by atoms with Crippen molar-refractivity contribution in [2.45, 2.75) is 45.3 Å². The van der Waals surface area contributed by atoms with Crippen LogP contribution in [0.4, 0.5) is 4.39 Å². The lowest BCUT2D eigenvalue weighted by Gasteiger charge is -2.36. The van der Waals surface area contributed by atoms with E-state index in [-0.39, 0.29) is 17.3 Å². The third-order valence-corrected chi connectivity index (χ3v) is 9.66. The molecule has 0 fully saturated rings. The summed E-state index contributed by atoms with van der Waals surface area (Å²) in [4.78, 5) is 23.9. The van der Waals surface area contributed by atoms with Gasteiger partial charge >= 0.3 is 11.9 Å². The van der Waals surface area contributed by atoms with Gasteiger partial charge in [-0.3, -0.25) is 9.59 Å². The molecule has 0 saturated carbocycles. The Morgan fingerprint density at radius 2 is 1.57 bits per heavy atom. The largest absolute Gasteiger partial charge is 0.468 e. The van der Waals surface area contributed by atoms with Crippen LogP contribution in [0.5, 0.6) is 0 Å². The van der Waals surface area contributed by atoms with Crippen LogP contribution < -0.4 is 0 Å². The summed E-state index contributed by atoms with van der Waals surface area (Å²) >= 11 is 0. The maximum atomic E-state index is 13.3. The summed E-state index contributed by atoms with van der Waals surface area (Å²) in [5.41, 5.74) is 1.55. The first-order valence-electron chi connectivity index (χ1n) is 9.17. The lowest BCUT2D eigenvalue weighted by molar-refractivity contribution is -0.158. The predicted molar refractivity (Wildman–Crippen MR) is 110 cm³/mol. The predicted octanol–water partition coefficient (Wildman–Crippen LogP) is 4.58. The van der Waals surface area contributed by atoms with Crippen LogP contribution in [-0.4, -0.2) is 41.1 Å². The summed E-state index contributed by atoms with van der Waals surface area (Å²) in [6.45, 7) is 11.0. The zero-order valence-corrected chi connectivity index (χ0v) is 18.8. The molecule has 0 saturated heterocycles. The highest BCUT2D eigenvalue weighted by molar-refractivity contribution is 6.74. The second-order valence-corrected chi connectivity index (χ2v) is 12.9. The van der Waals surface area contributed by atoms with E-state index in [0.29, 0.717) is 6.61 Å². The number of allylic oxidation sites excluding steroid dienone is 1. The molecular weight excluding hydrogens is 379 g/mol. The van der Waals surface area contributed by atoms with Gasteiger partial charge in [0.1, 0.15) is 5.82 Å². The van der Waals surface area contributed by atoms with E-state index in [1.807, 2.05) is 0 Å². The van der Waals surface area contributed by atoms with Gasteiger partial charge in [0.05, 0.1) is 20.8 Å². The molecule has 0 aliphatic rings. The summed E-state index contributed by atoms with van der Waals surface area (Å²) in [5, 5.41) is 0.0292. The van der Waals surface area contributed by atoms with Crippen LogP contribution >= 0.6 is 0 Å². The Balaban J connectivity index is 3.15. The van der Waals surface area contributed by atoms with Crippen molar-refractivity contribution in [2.24, 2.45) is 5.92 Å². The van der Waals surface area contributed by atoms with Gasteiger partial charge in [-0.2, -0.15) is 0 Å². The molecule has 0 bridgehead atoms. The lowest BCUT2D eigenvalue weighted by Crippen LogP contribution is -2.41. The molecule has 0 heterocycles. The second-order valence-electron chi connectivity index (χ2n) is 8.12. The summed E-state index contributed by atoms with van der Waals surface area (Å²) < 4.78 is 29.0. The van der Waals surface area contributed by atoms with E-state index in [4.69, 9.17) is 13.9 Å². The summed E-state index contributed by atoms with van der Waals surface area (Å²) in [7, 11) is 0.428. The van der Waals surface area contributed by atoms with Crippen molar-refractivity contribution >= 4 is 25.8 Å². The number of hydrogen-bond donors (Lipinski definition) is 0. The molecule has 5 nitrogen and oxygen atoms in total. The van der Waals surface area contributed by atoms with Crippen molar-refractivity contribution in [1.29, 1.82) is 0 Å². The van der Waals surface area contributed by atoms with Gasteiger partial charge in [-0.15, -0.1) is 0 Å². The van der Waals surface area contributed by atoms with E-state index in [1.54, 1.807) is 18.2 Å². The number of halogens is 1. The lowest BCUT2D eigenvalue weighted by atomic mass is 10.00. The fourth-order valence-electron chi connectivity index (χ4n) is 2.23. The Kier molecular flexibility index (Phi) is 8.57. The normalized spacial score (nSPS) is 12.8. The van der Waals surface area contributed by atoms with Crippen LogP contribution in [0.25, 0.3) is 5.57 Å². The summed E-state index contributed by atoms with van der Waals surface area (Å²) in [5.74, 6) is -2.72. The van der Waals surface area contributed by atoms with Gasteiger partial charge in [0, 0.05) is 0 Å². The maximum Gasteiger partial charge on any atom is 0.320 e. The smallest absolute Gasteiger partial charge is 0.320 e. The van der Waals surface area contributed by atoms with Gasteiger partial charge in [-0.05, 0) is 47.8 Å². The number of benzene rings is 1. The highest BCUT2D eigenvalue weighted by atomic mass is 28.4. The molecule has 0 amide bonds. The first kappa shape index (κ1) is 24.0. The Labute approximate surface area is 168 Å². The number of rotatable bonds is 8. The van der Waals surface area contributed by atoms with Crippen LogP contribution in [0.2, 0.25) is 18.1 Å². The highest BCUT2D eigenvalue weighted by Gasteiger charge is 2.37. The van der Waals surface area contributed by atoms with Gasteiger partial charge in [0.15, 0.2) is 14.2 Å². The van der Waals surface area contributed by atoms with E-state index in [1.165, 1.54) is 26.4 Å². The first-order valence-corrected chi connectivity index (χ1v) is 12.1. The Hall–Kier alpha value is -1.99. The fraction of sp³-hybridized carbons (Fsp3) is 0.524. The molecule has 28 heavy (non-hydrogen) atoms. The SMILES string of the molecule is COC(=O)C(C/C=C(/CO[Si](C)(C)C(C)(C)C)c1ccc(F)cc1)C(=O)OC. The van der Waals surface area contributed by atoms with Crippen LogP contribution in [0, 0.1) is 11.7 Å². The summed E-state index contributed by atoms with van der Waals surface area (Å²) in [6, 6.07) is 6.05. The molecule has 0 aliphatic heterocycles. The minimum atomic E-state index is -2.02. The molecule has 156 valence electrons. The van der Waals surface area contributed by atoms with Crippen LogP contribution in [0.15, 0.2) is 30.3 Å². The number of carbonyl (C=O) groups excluding carboxylic acids is 2. The molecular formula is C21H31FO5Si. The van der Waals surface area contributed by atoms with Crippen molar-refractivity contribution < 1.29 is 27.9 Å². The molecule has 0 unspecified atom stereocenters. The molecule has 0 N–H and O–H groups in total. The van der Waals surface area contributed by atoms with Crippen molar-refractivity contribution in [3.05, 3.63) is 41.7 Å². The van der Waals surface area contributed by atoms with Gasteiger partial charge in [0.25, 0.3) is 0 Å². The van der Waals surface area contributed by atoms with Crippen LogP contribution in [-0.2, 0) is 23.5 Å². The number of ether oxygens (including phenoxy) is 2. The molecule has 0 atom stereocenters. The van der Waals surface area contributed by atoms with Crippen molar-refractivity contribution in [1.82, 2.24) is 0 Å². The highest BCUT2D eigenvalue weighted by Crippen LogP contribution is 2.37. The van der Waals surface area contributed by atoms with Crippen molar-refractivity contribution in [3.8, 4) is 0 Å². The third kappa shape index (κ3) is 6.56. The first-order chi connectivity index (χ1) is 12.9. The molecule has 1 aromatic carbocycles.